The molecule has 1 N–H and O–H groups in total. The number of hydrogen-bond acceptors (Lipinski definition) is 4. The van der Waals surface area contributed by atoms with E-state index >= 15 is 0 Å². The first kappa shape index (κ1) is 6.97. The van der Waals surface area contributed by atoms with Gasteiger partial charge in [-0.1, -0.05) is 12.1 Å². The molecule has 0 radical (unpaired) electrons. The maximum atomic E-state index is 4.08. The molecule has 1 aromatic carbocycles. The van der Waals surface area contributed by atoms with E-state index in [2.05, 4.69) is 21.5 Å². The lowest BCUT2D eigenvalue weighted by molar-refractivity contribution is 1.000. The third kappa shape index (κ3) is 1.01. The lowest BCUT2D eigenvalue weighted by atomic mass is 10.3. The smallest absolute Gasteiger partial charge is 0.236 e. The summed E-state index contributed by atoms with van der Waals surface area (Å²) >= 11 is 1.57. The zero-order valence-corrected chi connectivity index (χ0v) is 7.45. The summed E-state index contributed by atoms with van der Waals surface area (Å²) in [6, 6.07) is 8.09. The van der Waals surface area contributed by atoms with Gasteiger partial charge < -0.3 is 5.32 Å². The molecule has 2 aromatic rings. The number of nitrogens with zero attached hydrogens (tertiary/aromatic N) is 3. The van der Waals surface area contributed by atoms with Crippen LogP contribution in [0.1, 0.15) is 0 Å². The zero-order valence-electron chi connectivity index (χ0n) is 6.64. The van der Waals surface area contributed by atoms with E-state index in [9.17, 15) is 0 Å². The maximum absolute atomic E-state index is 4.08. The maximum Gasteiger partial charge on any atom is 0.236 e. The van der Waals surface area contributed by atoms with Crippen LogP contribution in [0.5, 0.6) is 0 Å². The number of aromatic nitrogens is 3. The third-order valence-corrected chi connectivity index (χ3v) is 2.83. The van der Waals surface area contributed by atoms with Gasteiger partial charge in [0.15, 0.2) is 0 Å². The highest BCUT2D eigenvalue weighted by Crippen LogP contribution is 2.35. The molecular weight excluding hydrogens is 184 g/mol. The second-order valence-corrected chi connectivity index (χ2v) is 3.64. The quantitative estimate of drug-likeness (QED) is 0.588. The molecule has 0 aliphatic carbocycles. The molecule has 0 bridgehead atoms. The number of rotatable bonds is 0. The average molecular weight is 190 g/mol. The molecule has 0 spiro atoms. The SMILES string of the molecule is c1ccc2c(c1)Nc1ncnn1S2. The molecule has 1 aromatic heterocycles. The lowest BCUT2D eigenvalue weighted by Crippen LogP contribution is -2.05. The van der Waals surface area contributed by atoms with Crippen molar-refractivity contribution in [2.45, 2.75) is 4.90 Å². The van der Waals surface area contributed by atoms with Crippen LogP contribution in [0.3, 0.4) is 0 Å². The largest absolute Gasteiger partial charge is 0.323 e. The summed E-state index contributed by atoms with van der Waals surface area (Å²) in [6.07, 6.45) is 1.54. The summed E-state index contributed by atoms with van der Waals surface area (Å²) in [5, 5.41) is 7.25. The van der Waals surface area contributed by atoms with E-state index in [1.165, 1.54) is 4.90 Å². The van der Waals surface area contributed by atoms with Gasteiger partial charge in [0, 0.05) is 11.9 Å². The van der Waals surface area contributed by atoms with Gasteiger partial charge in [0.05, 0.1) is 10.6 Å². The average Bonchev–Trinajstić information content (AvgIpc) is 2.61. The molecule has 4 nitrogen and oxygen atoms in total. The van der Waals surface area contributed by atoms with Gasteiger partial charge in [-0.3, -0.25) is 0 Å². The minimum absolute atomic E-state index is 0.781. The van der Waals surface area contributed by atoms with Crippen LogP contribution in [0.25, 0.3) is 0 Å². The Labute approximate surface area is 79.1 Å². The highest BCUT2D eigenvalue weighted by atomic mass is 32.2. The molecule has 2 heterocycles. The van der Waals surface area contributed by atoms with Gasteiger partial charge in [-0.15, -0.1) is 5.10 Å². The van der Waals surface area contributed by atoms with E-state index < -0.39 is 0 Å². The zero-order chi connectivity index (χ0) is 8.67. The number of nitrogens with one attached hydrogen (secondary N) is 1. The fourth-order valence-corrected chi connectivity index (χ4v) is 2.05. The fraction of sp³-hybridized carbons (Fsp3) is 0. The van der Waals surface area contributed by atoms with Crippen molar-refractivity contribution in [3.05, 3.63) is 30.6 Å². The second-order valence-electron chi connectivity index (χ2n) is 2.67. The number of fused-ring (bicyclic) bond motifs is 2. The van der Waals surface area contributed by atoms with Crippen molar-refractivity contribution in [3.63, 3.8) is 0 Å². The standard InChI is InChI=1S/C8H6N4S/c1-2-4-7-6(3-1)11-8-9-5-10-12(8)13-7/h1-5H,(H,9,10,11). The van der Waals surface area contributed by atoms with Crippen molar-refractivity contribution in [3.8, 4) is 0 Å². The van der Waals surface area contributed by atoms with Crippen molar-refractivity contribution in [1.82, 2.24) is 14.2 Å². The molecular formula is C8H6N4S. The van der Waals surface area contributed by atoms with Crippen LogP contribution >= 0.6 is 11.9 Å². The van der Waals surface area contributed by atoms with Crippen LogP contribution in [-0.4, -0.2) is 14.2 Å². The van der Waals surface area contributed by atoms with Gasteiger partial charge in [-0.25, -0.2) is 0 Å². The van der Waals surface area contributed by atoms with Gasteiger partial charge in [0.1, 0.15) is 6.33 Å². The molecule has 1 aliphatic heterocycles. The van der Waals surface area contributed by atoms with Crippen LogP contribution in [-0.2, 0) is 0 Å². The summed E-state index contributed by atoms with van der Waals surface area (Å²) in [4.78, 5) is 5.24. The highest BCUT2D eigenvalue weighted by molar-refractivity contribution is 7.98. The summed E-state index contributed by atoms with van der Waals surface area (Å²) in [5.41, 5.74) is 1.09. The molecule has 0 saturated carbocycles. The Kier molecular flexibility index (Phi) is 1.34. The number of benzene rings is 1. The van der Waals surface area contributed by atoms with E-state index in [0.717, 1.165) is 11.6 Å². The summed E-state index contributed by atoms with van der Waals surface area (Å²) < 4.78 is 1.77. The molecule has 0 unspecified atom stereocenters. The Morgan fingerprint density at radius 2 is 2.23 bits per heavy atom. The number of anilines is 2. The van der Waals surface area contributed by atoms with E-state index in [0.29, 0.717) is 0 Å². The van der Waals surface area contributed by atoms with Crippen molar-refractivity contribution >= 4 is 23.6 Å². The number of para-hydroxylation sites is 1. The molecule has 0 fully saturated rings. The Morgan fingerprint density at radius 1 is 1.31 bits per heavy atom. The normalized spacial score (nSPS) is 12.9. The van der Waals surface area contributed by atoms with E-state index in [4.69, 9.17) is 0 Å². The number of hydrogen-bond donors (Lipinski definition) is 1. The van der Waals surface area contributed by atoms with E-state index in [1.807, 2.05) is 18.2 Å². The van der Waals surface area contributed by atoms with Gasteiger partial charge >= 0.3 is 0 Å². The van der Waals surface area contributed by atoms with Crippen LogP contribution < -0.4 is 5.32 Å². The summed E-state index contributed by atoms with van der Waals surface area (Å²) in [7, 11) is 0. The topological polar surface area (TPSA) is 42.7 Å². The van der Waals surface area contributed by atoms with Gasteiger partial charge in [-0.05, 0) is 12.1 Å². The molecule has 13 heavy (non-hydrogen) atoms. The first-order chi connectivity index (χ1) is 6.43. The minimum atomic E-state index is 0.781. The minimum Gasteiger partial charge on any atom is -0.323 e. The summed E-state index contributed by atoms with van der Waals surface area (Å²) in [5.74, 6) is 0.781. The van der Waals surface area contributed by atoms with Crippen LogP contribution in [0.4, 0.5) is 11.6 Å². The Hall–Kier alpha value is -1.49. The third-order valence-electron chi connectivity index (χ3n) is 1.84. The fourth-order valence-electron chi connectivity index (χ4n) is 1.24. The molecule has 0 amide bonds. The first-order valence-corrected chi connectivity index (χ1v) is 4.65. The molecule has 0 atom stereocenters. The van der Waals surface area contributed by atoms with Crippen LogP contribution in [0, 0.1) is 0 Å². The predicted molar refractivity (Wildman–Crippen MR) is 51.0 cm³/mol. The van der Waals surface area contributed by atoms with Crippen LogP contribution in [0.15, 0.2) is 35.5 Å². The van der Waals surface area contributed by atoms with Crippen LogP contribution in [0.2, 0.25) is 0 Å². The van der Waals surface area contributed by atoms with Crippen molar-refractivity contribution in [1.29, 1.82) is 0 Å². The van der Waals surface area contributed by atoms with Gasteiger partial charge in [-0.2, -0.15) is 9.07 Å². The second kappa shape index (κ2) is 2.50. The Bertz CT molecular complexity index is 411. The van der Waals surface area contributed by atoms with E-state index in [1.54, 1.807) is 22.4 Å². The molecule has 1 aliphatic rings. The van der Waals surface area contributed by atoms with Crippen molar-refractivity contribution < 1.29 is 0 Å². The first-order valence-electron chi connectivity index (χ1n) is 3.88. The van der Waals surface area contributed by atoms with Gasteiger partial charge in [0.25, 0.3) is 0 Å². The monoisotopic (exact) mass is 190 g/mol. The molecule has 5 heteroatoms. The highest BCUT2D eigenvalue weighted by Gasteiger charge is 2.15. The molecule has 64 valence electrons. The van der Waals surface area contributed by atoms with Gasteiger partial charge in [0.2, 0.25) is 5.95 Å². The van der Waals surface area contributed by atoms with E-state index in [-0.39, 0.29) is 0 Å². The summed E-state index contributed by atoms with van der Waals surface area (Å²) in [6.45, 7) is 0. The lowest BCUT2D eigenvalue weighted by Gasteiger charge is -2.16. The predicted octanol–water partition coefficient (Wildman–Crippen LogP) is 1.89. The van der Waals surface area contributed by atoms with Crippen molar-refractivity contribution in [2.75, 3.05) is 5.32 Å². The Balaban J connectivity index is 2.14. The Morgan fingerprint density at radius 3 is 3.23 bits per heavy atom. The molecule has 0 saturated heterocycles. The van der Waals surface area contributed by atoms with Crippen molar-refractivity contribution in [2.24, 2.45) is 0 Å². The molecule has 3 rings (SSSR count).